The van der Waals surface area contributed by atoms with E-state index >= 15 is 0 Å². The van der Waals surface area contributed by atoms with Crippen LogP contribution in [-0.4, -0.2) is 38.4 Å². The van der Waals surface area contributed by atoms with Gasteiger partial charge in [-0.2, -0.15) is 0 Å². The van der Waals surface area contributed by atoms with Gasteiger partial charge in [0, 0.05) is 5.25 Å². The average molecular weight is 297 g/mol. The maximum absolute atomic E-state index is 11.9. The lowest BCUT2D eigenvalue weighted by Crippen LogP contribution is -2.58. The van der Waals surface area contributed by atoms with Crippen LogP contribution in [0.5, 0.6) is 0 Å². The predicted molar refractivity (Wildman–Crippen MR) is 79.5 cm³/mol. The number of rotatable bonds is 6. The zero-order valence-corrected chi connectivity index (χ0v) is 12.9. The highest BCUT2D eigenvalue weighted by atomic mass is 32.2. The van der Waals surface area contributed by atoms with Gasteiger partial charge >= 0.3 is 0 Å². The van der Waals surface area contributed by atoms with Crippen LogP contribution in [0.25, 0.3) is 0 Å². The molecule has 0 spiro atoms. The molecule has 1 fully saturated rings. The van der Waals surface area contributed by atoms with Crippen molar-refractivity contribution in [3.05, 3.63) is 5.82 Å². The molecule has 6 nitrogen and oxygen atoms in total. The number of H-pyrrole nitrogens is 1. The molecule has 1 aliphatic carbocycles. The summed E-state index contributed by atoms with van der Waals surface area (Å²) in [5, 5.41) is 11.5. The number of aryl methyl sites for hydroxylation is 1. The molecule has 0 bridgehead atoms. The van der Waals surface area contributed by atoms with Gasteiger partial charge in [-0.05, 0) is 45.6 Å². The van der Waals surface area contributed by atoms with Crippen LogP contribution in [0.3, 0.4) is 0 Å². The van der Waals surface area contributed by atoms with E-state index in [1.807, 2.05) is 6.92 Å². The van der Waals surface area contributed by atoms with E-state index in [9.17, 15) is 4.79 Å². The van der Waals surface area contributed by atoms with E-state index in [0.717, 1.165) is 49.6 Å². The summed E-state index contributed by atoms with van der Waals surface area (Å²) in [7, 11) is 0. The van der Waals surface area contributed by atoms with Gasteiger partial charge in [-0.3, -0.25) is 9.89 Å². The van der Waals surface area contributed by atoms with Crippen molar-refractivity contribution in [2.75, 3.05) is 6.54 Å². The molecule has 2 rings (SSSR count). The van der Waals surface area contributed by atoms with Gasteiger partial charge in [0.25, 0.3) is 0 Å². The maximum atomic E-state index is 11.9. The maximum Gasteiger partial charge on any atom is 0.237 e. The molecule has 2 unspecified atom stereocenters. The first-order valence-corrected chi connectivity index (χ1v) is 8.04. The van der Waals surface area contributed by atoms with Crippen LogP contribution in [0.4, 0.5) is 0 Å². The third-order valence-electron chi connectivity index (χ3n) is 3.74. The molecule has 0 saturated heterocycles. The van der Waals surface area contributed by atoms with Crippen molar-refractivity contribution in [2.24, 2.45) is 5.73 Å². The Balaban J connectivity index is 2.03. The van der Waals surface area contributed by atoms with E-state index in [4.69, 9.17) is 5.73 Å². The fourth-order valence-corrected chi connectivity index (χ4v) is 3.92. The van der Waals surface area contributed by atoms with Gasteiger partial charge in [-0.1, -0.05) is 18.7 Å². The highest BCUT2D eigenvalue weighted by molar-refractivity contribution is 7.99. The second kappa shape index (κ2) is 6.58. The van der Waals surface area contributed by atoms with E-state index in [1.54, 1.807) is 11.8 Å². The number of aromatic amines is 1. The Kier molecular flexibility index (Phi) is 5.04. The second-order valence-corrected chi connectivity index (χ2v) is 6.68. The largest absolute Gasteiger partial charge is 0.368 e. The third-order valence-corrected chi connectivity index (χ3v) is 4.87. The zero-order chi connectivity index (χ0) is 14.6. The summed E-state index contributed by atoms with van der Waals surface area (Å²) in [6.07, 6.45) is 4.64. The average Bonchev–Trinajstić information content (AvgIpc) is 2.82. The molecular weight excluding hydrogens is 274 g/mol. The van der Waals surface area contributed by atoms with Crippen molar-refractivity contribution < 1.29 is 4.79 Å². The molecule has 1 aromatic heterocycles. The lowest BCUT2D eigenvalue weighted by Gasteiger charge is -2.38. The second-order valence-electron chi connectivity index (χ2n) is 5.41. The summed E-state index contributed by atoms with van der Waals surface area (Å²) in [4.78, 5) is 16.2. The van der Waals surface area contributed by atoms with Crippen LogP contribution >= 0.6 is 11.8 Å². The van der Waals surface area contributed by atoms with Gasteiger partial charge in [0.05, 0.1) is 5.54 Å². The molecule has 1 saturated carbocycles. The number of hydrogen-bond donors (Lipinski definition) is 3. The molecule has 1 aromatic rings. The third kappa shape index (κ3) is 3.52. The molecule has 7 heteroatoms. The summed E-state index contributed by atoms with van der Waals surface area (Å²) in [5.74, 6) is 0.580. The molecule has 0 radical (unpaired) electrons. The monoisotopic (exact) mass is 297 g/mol. The Labute approximate surface area is 123 Å². The quantitative estimate of drug-likeness (QED) is 0.737. The number of thioether (sulfide) groups is 1. The van der Waals surface area contributed by atoms with Gasteiger partial charge in [0.15, 0.2) is 0 Å². The number of nitrogens with two attached hydrogens (primary N) is 1. The highest BCUT2D eigenvalue weighted by Crippen LogP contribution is 2.37. The summed E-state index contributed by atoms with van der Waals surface area (Å²) < 4.78 is 0. The van der Waals surface area contributed by atoms with Crippen molar-refractivity contribution in [1.82, 2.24) is 20.5 Å². The van der Waals surface area contributed by atoms with Crippen LogP contribution in [-0.2, 0) is 4.79 Å². The van der Waals surface area contributed by atoms with E-state index in [2.05, 4.69) is 27.4 Å². The minimum absolute atomic E-state index is 0.234. The number of hydrogen-bond acceptors (Lipinski definition) is 5. The van der Waals surface area contributed by atoms with Gasteiger partial charge in [0.2, 0.25) is 11.1 Å². The van der Waals surface area contributed by atoms with Gasteiger partial charge in [0.1, 0.15) is 5.82 Å². The number of nitrogens with zero attached hydrogens (tertiary/aromatic N) is 2. The molecule has 4 N–H and O–H groups in total. The number of nitrogens with one attached hydrogen (secondary N) is 2. The number of amides is 1. The molecular formula is C13H23N5OS. The Bertz CT molecular complexity index is 463. The topological polar surface area (TPSA) is 96.7 Å². The van der Waals surface area contributed by atoms with E-state index in [-0.39, 0.29) is 5.91 Å². The lowest BCUT2D eigenvalue weighted by atomic mass is 9.80. The standard InChI is InChI=1S/C13H23N5OS/c1-3-7-15-13(11(14)19)6-4-5-10(8-13)20-12-16-9(2)17-18-12/h10,15H,3-8H2,1-2H3,(H2,14,19)(H,16,17,18). The van der Waals surface area contributed by atoms with Crippen molar-refractivity contribution in [3.8, 4) is 0 Å². The molecule has 112 valence electrons. The zero-order valence-electron chi connectivity index (χ0n) is 12.1. The molecule has 1 amide bonds. The van der Waals surface area contributed by atoms with Crippen LogP contribution in [0.2, 0.25) is 0 Å². The summed E-state index contributed by atoms with van der Waals surface area (Å²) >= 11 is 1.64. The van der Waals surface area contributed by atoms with Crippen LogP contribution in [0.1, 0.15) is 44.9 Å². The van der Waals surface area contributed by atoms with E-state index in [0.29, 0.717) is 5.25 Å². The molecule has 0 aromatic carbocycles. The van der Waals surface area contributed by atoms with Crippen molar-refractivity contribution >= 4 is 17.7 Å². The van der Waals surface area contributed by atoms with E-state index < -0.39 is 5.54 Å². The Morgan fingerprint density at radius 1 is 1.65 bits per heavy atom. The fourth-order valence-electron chi connectivity index (χ4n) is 2.68. The van der Waals surface area contributed by atoms with Gasteiger partial charge < -0.3 is 11.1 Å². The summed E-state index contributed by atoms with van der Waals surface area (Å²) in [6, 6.07) is 0. The van der Waals surface area contributed by atoms with E-state index in [1.165, 1.54) is 0 Å². The number of carbonyl (C=O) groups excluding carboxylic acids is 1. The molecule has 2 atom stereocenters. The fraction of sp³-hybridized carbons (Fsp3) is 0.769. The first-order chi connectivity index (χ1) is 9.55. The first kappa shape index (κ1) is 15.3. The number of primary amides is 1. The van der Waals surface area contributed by atoms with Crippen molar-refractivity contribution in [2.45, 2.75) is 61.9 Å². The minimum atomic E-state index is -0.558. The Morgan fingerprint density at radius 3 is 3.05 bits per heavy atom. The summed E-state index contributed by atoms with van der Waals surface area (Å²) in [5.41, 5.74) is 5.10. The molecule has 1 aliphatic rings. The van der Waals surface area contributed by atoms with Gasteiger partial charge in [-0.15, -0.1) is 5.10 Å². The summed E-state index contributed by atoms with van der Waals surface area (Å²) in [6.45, 7) is 4.79. The highest BCUT2D eigenvalue weighted by Gasteiger charge is 2.41. The first-order valence-electron chi connectivity index (χ1n) is 7.16. The minimum Gasteiger partial charge on any atom is -0.368 e. The Hall–Kier alpha value is -1.08. The predicted octanol–water partition coefficient (Wildman–Crippen LogP) is 1.37. The molecule has 20 heavy (non-hydrogen) atoms. The van der Waals surface area contributed by atoms with Crippen LogP contribution in [0, 0.1) is 6.92 Å². The number of carbonyl (C=O) groups is 1. The Morgan fingerprint density at radius 2 is 2.45 bits per heavy atom. The van der Waals surface area contributed by atoms with Crippen LogP contribution < -0.4 is 11.1 Å². The SMILES string of the molecule is CCCNC1(C(N)=O)CCCC(Sc2n[nH]c(C)n2)C1. The van der Waals surface area contributed by atoms with Gasteiger partial charge in [-0.25, -0.2) is 4.98 Å². The lowest BCUT2D eigenvalue weighted by molar-refractivity contribution is -0.125. The normalized spacial score (nSPS) is 26.6. The molecule has 0 aliphatic heterocycles. The molecule has 1 heterocycles. The van der Waals surface area contributed by atoms with Crippen LogP contribution in [0.15, 0.2) is 5.16 Å². The van der Waals surface area contributed by atoms with Crippen molar-refractivity contribution in [1.29, 1.82) is 0 Å². The number of aromatic nitrogens is 3. The smallest absolute Gasteiger partial charge is 0.237 e. The van der Waals surface area contributed by atoms with Crippen molar-refractivity contribution in [3.63, 3.8) is 0 Å².